The van der Waals surface area contributed by atoms with E-state index in [1.165, 1.54) is 6.20 Å². The van der Waals surface area contributed by atoms with Crippen LogP contribution in [0.1, 0.15) is 23.2 Å². The Labute approximate surface area is 131 Å². The van der Waals surface area contributed by atoms with E-state index in [4.69, 9.17) is 4.74 Å². The summed E-state index contributed by atoms with van der Waals surface area (Å²) in [5.74, 6) is -1.74. The molecule has 0 aliphatic carbocycles. The highest BCUT2D eigenvalue weighted by atomic mass is 79.9. The molecule has 114 valence electrons. The van der Waals surface area contributed by atoms with Gasteiger partial charge in [-0.05, 0) is 40.8 Å². The Kier molecular flexibility index (Phi) is 5.69. The SMILES string of the molecule is O=C(NCC(C(=O)O)C1CCOCC1)c1cncc(Br)c1. The molecule has 1 aromatic heterocycles. The van der Waals surface area contributed by atoms with E-state index in [1.54, 1.807) is 12.3 Å². The van der Waals surface area contributed by atoms with Crippen molar-refractivity contribution in [2.45, 2.75) is 12.8 Å². The lowest BCUT2D eigenvalue weighted by Crippen LogP contribution is -2.39. The Morgan fingerprint density at radius 1 is 1.43 bits per heavy atom. The maximum Gasteiger partial charge on any atom is 0.308 e. The maximum atomic E-state index is 12.0. The first-order valence-corrected chi connectivity index (χ1v) is 7.56. The zero-order chi connectivity index (χ0) is 15.2. The fourth-order valence-corrected chi connectivity index (χ4v) is 2.78. The summed E-state index contributed by atoms with van der Waals surface area (Å²) >= 11 is 3.25. The van der Waals surface area contributed by atoms with Crippen LogP contribution in [-0.2, 0) is 9.53 Å². The van der Waals surface area contributed by atoms with Crippen LogP contribution in [0.5, 0.6) is 0 Å². The second kappa shape index (κ2) is 7.51. The van der Waals surface area contributed by atoms with Gasteiger partial charge in [-0.3, -0.25) is 14.6 Å². The van der Waals surface area contributed by atoms with Crippen molar-refractivity contribution in [2.75, 3.05) is 19.8 Å². The first kappa shape index (κ1) is 15.9. The van der Waals surface area contributed by atoms with Crippen molar-refractivity contribution in [1.29, 1.82) is 0 Å². The van der Waals surface area contributed by atoms with Crippen LogP contribution in [0.2, 0.25) is 0 Å². The van der Waals surface area contributed by atoms with Gasteiger partial charge in [-0.25, -0.2) is 0 Å². The first-order chi connectivity index (χ1) is 10.1. The zero-order valence-corrected chi connectivity index (χ0v) is 13.0. The standard InChI is InChI=1S/C14H17BrN2O4/c15-11-5-10(6-16-7-11)13(18)17-8-12(14(19)20)9-1-3-21-4-2-9/h5-7,9,12H,1-4,8H2,(H,17,18)(H,19,20). The number of amides is 1. The third kappa shape index (κ3) is 4.50. The van der Waals surface area contributed by atoms with E-state index in [0.29, 0.717) is 36.1 Å². The van der Waals surface area contributed by atoms with Crippen molar-refractivity contribution in [3.05, 3.63) is 28.5 Å². The van der Waals surface area contributed by atoms with Gasteiger partial charge in [0, 0.05) is 36.6 Å². The van der Waals surface area contributed by atoms with Gasteiger partial charge < -0.3 is 15.2 Å². The summed E-state index contributed by atoms with van der Waals surface area (Å²) in [5.41, 5.74) is 0.403. The van der Waals surface area contributed by atoms with Gasteiger partial charge >= 0.3 is 5.97 Å². The van der Waals surface area contributed by atoms with E-state index >= 15 is 0 Å². The van der Waals surface area contributed by atoms with Gasteiger partial charge in [0.05, 0.1) is 11.5 Å². The van der Waals surface area contributed by atoms with Crippen LogP contribution >= 0.6 is 15.9 Å². The summed E-state index contributed by atoms with van der Waals surface area (Å²) in [6, 6.07) is 1.65. The van der Waals surface area contributed by atoms with E-state index in [-0.39, 0.29) is 18.4 Å². The summed E-state index contributed by atoms with van der Waals surface area (Å²) in [5, 5.41) is 12.0. The highest BCUT2D eigenvalue weighted by Crippen LogP contribution is 2.23. The highest BCUT2D eigenvalue weighted by Gasteiger charge is 2.30. The van der Waals surface area contributed by atoms with Crippen LogP contribution in [0.4, 0.5) is 0 Å². The fourth-order valence-electron chi connectivity index (χ4n) is 2.41. The molecule has 21 heavy (non-hydrogen) atoms. The molecule has 1 unspecified atom stereocenters. The normalized spacial score (nSPS) is 17.2. The Balaban J connectivity index is 1.95. The van der Waals surface area contributed by atoms with Crippen molar-refractivity contribution in [3.8, 4) is 0 Å². The number of pyridine rings is 1. The number of carboxylic acid groups (broad SMARTS) is 1. The number of carboxylic acids is 1. The molecule has 1 aliphatic heterocycles. The van der Waals surface area contributed by atoms with Crippen LogP contribution in [0.3, 0.4) is 0 Å². The molecule has 0 spiro atoms. The lowest BCUT2D eigenvalue weighted by atomic mass is 9.86. The molecule has 2 N–H and O–H groups in total. The second-order valence-corrected chi connectivity index (χ2v) is 5.91. The molecule has 6 nitrogen and oxygen atoms in total. The molecule has 2 rings (SSSR count). The quantitative estimate of drug-likeness (QED) is 0.838. The van der Waals surface area contributed by atoms with Gasteiger partial charge in [0.1, 0.15) is 0 Å². The van der Waals surface area contributed by atoms with Crippen molar-refractivity contribution in [2.24, 2.45) is 11.8 Å². The predicted molar refractivity (Wildman–Crippen MR) is 78.9 cm³/mol. The molecule has 1 aliphatic rings. The second-order valence-electron chi connectivity index (χ2n) is 5.00. The summed E-state index contributed by atoms with van der Waals surface area (Å²) in [6.45, 7) is 1.28. The van der Waals surface area contributed by atoms with Crippen molar-refractivity contribution in [3.63, 3.8) is 0 Å². The minimum atomic E-state index is -0.880. The topological polar surface area (TPSA) is 88.5 Å². The number of nitrogens with zero attached hydrogens (tertiary/aromatic N) is 1. The molecule has 0 aromatic carbocycles. The third-order valence-electron chi connectivity index (χ3n) is 3.60. The number of aliphatic carboxylic acids is 1. The van der Waals surface area contributed by atoms with Crippen LogP contribution in [0, 0.1) is 11.8 Å². The number of aromatic nitrogens is 1. The Morgan fingerprint density at radius 2 is 2.14 bits per heavy atom. The Bertz CT molecular complexity index is 517. The summed E-state index contributed by atoms with van der Waals surface area (Å²) in [7, 11) is 0. The molecule has 1 saturated heterocycles. The van der Waals surface area contributed by atoms with Crippen LogP contribution in [0.15, 0.2) is 22.9 Å². The van der Waals surface area contributed by atoms with E-state index < -0.39 is 11.9 Å². The monoisotopic (exact) mass is 356 g/mol. The number of hydrogen-bond acceptors (Lipinski definition) is 4. The number of halogens is 1. The predicted octanol–water partition coefficient (Wildman–Crippen LogP) is 1.70. The minimum absolute atomic E-state index is 0.0391. The van der Waals surface area contributed by atoms with Gasteiger partial charge in [-0.1, -0.05) is 0 Å². The average molecular weight is 357 g/mol. The number of nitrogens with one attached hydrogen (secondary N) is 1. The summed E-state index contributed by atoms with van der Waals surface area (Å²) in [6.07, 6.45) is 4.46. The third-order valence-corrected chi connectivity index (χ3v) is 4.04. The van der Waals surface area contributed by atoms with Gasteiger partial charge in [0.25, 0.3) is 5.91 Å². The van der Waals surface area contributed by atoms with Crippen LogP contribution in [-0.4, -0.2) is 41.7 Å². The molecule has 1 fully saturated rings. The molecule has 0 bridgehead atoms. The van der Waals surface area contributed by atoms with Crippen LogP contribution in [0.25, 0.3) is 0 Å². The molecule has 1 aromatic rings. The molecule has 0 radical (unpaired) electrons. The molecule has 1 atom stereocenters. The minimum Gasteiger partial charge on any atom is -0.481 e. The number of rotatable bonds is 5. The van der Waals surface area contributed by atoms with E-state index in [9.17, 15) is 14.7 Å². The molecular formula is C14H17BrN2O4. The van der Waals surface area contributed by atoms with Gasteiger partial charge in [0.2, 0.25) is 0 Å². The van der Waals surface area contributed by atoms with Gasteiger partial charge in [-0.2, -0.15) is 0 Å². The van der Waals surface area contributed by atoms with Crippen molar-refractivity contribution >= 4 is 27.8 Å². The summed E-state index contributed by atoms with van der Waals surface area (Å²) in [4.78, 5) is 27.3. The van der Waals surface area contributed by atoms with Crippen LogP contribution < -0.4 is 5.32 Å². The zero-order valence-electron chi connectivity index (χ0n) is 11.4. The van der Waals surface area contributed by atoms with E-state index in [1.807, 2.05) is 0 Å². The number of hydrogen-bond donors (Lipinski definition) is 2. The van der Waals surface area contributed by atoms with Gasteiger partial charge in [-0.15, -0.1) is 0 Å². The highest BCUT2D eigenvalue weighted by molar-refractivity contribution is 9.10. The van der Waals surface area contributed by atoms with E-state index in [2.05, 4.69) is 26.2 Å². The molecule has 2 heterocycles. The molecule has 1 amide bonds. The molecule has 7 heteroatoms. The first-order valence-electron chi connectivity index (χ1n) is 6.77. The maximum absolute atomic E-state index is 12.0. The Hall–Kier alpha value is -1.47. The number of carbonyl (C=O) groups excluding carboxylic acids is 1. The fraction of sp³-hybridized carbons (Fsp3) is 0.500. The lowest BCUT2D eigenvalue weighted by Gasteiger charge is -2.27. The lowest BCUT2D eigenvalue weighted by molar-refractivity contribution is -0.144. The van der Waals surface area contributed by atoms with Gasteiger partial charge in [0.15, 0.2) is 0 Å². The van der Waals surface area contributed by atoms with Crippen molar-refractivity contribution in [1.82, 2.24) is 10.3 Å². The largest absolute Gasteiger partial charge is 0.481 e. The van der Waals surface area contributed by atoms with E-state index in [0.717, 1.165) is 0 Å². The number of carbonyl (C=O) groups is 2. The molecular weight excluding hydrogens is 340 g/mol. The number of ether oxygens (including phenoxy) is 1. The Morgan fingerprint density at radius 3 is 2.76 bits per heavy atom. The smallest absolute Gasteiger partial charge is 0.308 e. The summed E-state index contributed by atoms with van der Waals surface area (Å²) < 4.78 is 5.95. The molecule has 0 saturated carbocycles. The van der Waals surface area contributed by atoms with Crippen molar-refractivity contribution < 1.29 is 19.4 Å². The average Bonchev–Trinajstić information content (AvgIpc) is 2.48.